The minimum absolute atomic E-state index is 0. The van der Waals surface area contributed by atoms with Gasteiger partial charge in [-0.1, -0.05) is 109 Å². The first-order chi connectivity index (χ1) is 28.8. The summed E-state index contributed by atoms with van der Waals surface area (Å²) in [6.07, 6.45) is -12.5. The molecule has 2 atom stereocenters. The second kappa shape index (κ2) is 20.8. The van der Waals surface area contributed by atoms with E-state index in [1.54, 1.807) is 60.7 Å². The highest BCUT2D eigenvalue weighted by atomic mass is 35.5. The van der Waals surface area contributed by atoms with E-state index in [0.29, 0.717) is 40.4 Å². The Morgan fingerprint density at radius 3 is 1.90 bits per heavy atom. The number of rotatable bonds is 13. The Bertz CT molecular complexity index is 2330. The van der Waals surface area contributed by atoms with Crippen LogP contribution in [0.15, 0.2) is 152 Å². The molecule has 6 aromatic rings. The number of β-amino-alcohol motifs (C(OH)–C–C–N with tert-alkyl or cyclic N) is 1. The van der Waals surface area contributed by atoms with Crippen LogP contribution in [0.25, 0.3) is 11.1 Å². The lowest BCUT2D eigenvalue weighted by Crippen LogP contribution is -2.46. The average molecular weight is 870 g/mol. The van der Waals surface area contributed by atoms with Gasteiger partial charge in [-0.25, -0.2) is 0 Å². The average Bonchev–Trinajstić information content (AvgIpc) is 3.25. The second-order valence-electron chi connectivity index (χ2n) is 13.5. The van der Waals surface area contributed by atoms with Gasteiger partial charge in [0.1, 0.15) is 37.1 Å². The van der Waals surface area contributed by atoms with Crippen LogP contribution < -0.4 is 23.8 Å². The first-order valence-electron chi connectivity index (χ1n) is 18.5. The zero-order valence-electron chi connectivity index (χ0n) is 32.1. The molecule has 6 aromatic carbocycles. The van der Waals surface area contributed by atoms with Crippen LogP contribution in [0.2, 0.25) is 0 Å². The van der Waals surface area contributed by atoms with Crippen molar-refractivity contribution in [3.05, 3.63) is 174 Å². The minimum atomic E-state index is -4.90. The van der Waals surface area contributed by atoms with Gasteiger partial charge in [0.15, 0.2) is 17.6 Å². The fourth-order valence-electron chi connectivity index (χ4n) is 6.33. The summed E-state index contributed by atoms with van der Waals surface area (Å²) in [6.45, 7) is -0.138. The number of Topliss-reactive ketones (excluding diaryl/α,β-unsaturated/α-hetero) is 1. The standard InChI is InChI=1S/C31H25F6NO4.C15H13ClO2.FH/c32-30(33,34)28(39)17-38-26-14-6-13-25(21-9-4-12-24(15-21)42-31(35,36)37)29(26)41-19-27(38)22-10-5-11-23(16-22)40-18-20-7-2-1-3-8-20;16-10-15(17)13-7-4-8-14(9-13)18-11-12-5-2-1-3-6-12;/h1-16,27-28,39H,17-19H2;1-9H,10-11H2;1H. The number of benzene rings is 6. The van der Waals surface area contributed by atoms with Gasteiger partial charge in [-0.15, -0.1) is 24.8 Å². The van der Waals surface area contributed by atoms with Crippen LogP contribution in [0.1, 0.15) is 33.1 Å². The number of aliphatic hydroxyl groups excluding tert-OH is 1. The number of hydrogen-bond acceptors (Lipinski definition) is 7. The van der Waals surface area contributed by atoms with Crippen LogP contribution in [0.3, 0.4) is 0 Å². The lowest BCUT2D eigenvalue weighted by Gasteiger charge is -2.41. The Kier molecular flexibility index (Phi) is 15.6. The van der Waals surface area contributed by atoms with E-state index in [1.807, 2.05) is 66.7 Å². The molecule has 0 amide bonds. The number of alkyl halides is 7. The van der Waals surface area contributed by atoms with Crippen molar-refractivity contribution < 1.29 is 59.9 Å². The largest absolute Gasteiger partial charge is 0.573 e. The highest BCUT2D eigenvalue weighted by molar-refractivity contribution is 6.30. The maximum absolute atomic E-state index is 13.5. The van der Waals surface area contributed by atoms with E-state index < -0.39 is 37.0 Å². The van der Waals surface area contributed by atoms with Crippen LogP contribution in [0.4, 0.5) is 36.7 Å². The van der Waals surface area contributed by atoms with Crippen LogP contribution >= 0.6 is 11.6 Å². The number of ketones is 1. The first kappa shape index (κ1) is 45.8. The number of carbonyl (C=O) groups excluding carboxylic acids is 1. The van der Waals surface area contributed by atoms with Gasteiger partial charge in [-0.3, -0.25) is 9.50 Å². The van der Waals surface area contributed by atoms with Gasteiger partial charge in [0.25, 0.3) is 0 Å². The molecule has 15 heteroatoms. The number of nitrogens with zero attached hydrogens (tertiary/aromatic N) is 1. The lowest BCUT2D eigenvalue weighted by molar-refractivity contribution is -0.274. The molecule has 0 radical (unpaired) electrons. The molecule has 61 heavy (non-hydrogen) atoms. The van der Waals surface area contributed by atoms with Crippen LogP contribution in [0.5, 0.6) is 23.0 Å². The predicted molar refractivity (Wildman–Crippen MR) is 218 cm³/mol. The SMILES string of the molecule is F.O=C(CCl)c1cccc(OCc2ccccc2)c1.OC(CN1c2cccc(-c3cccc(OC(F)(F)F)c3)c2OCC1c1cccc(OCc2ccccc2)c1)C(F)(F)F. The van der Waals surface area contributed by atoms with Crippen molar-refractivity contribution >= 4 is 23.1 Å². The fourth-order valence-corrected chi connectivity index (χ4v) is 6.49. The second-order valence-corrected chi connectivity index (χ2v) is 13.7. The van der Waals surface area contributed by atoms with E-state index in [-0.39, 0.29) is 41.0 Å². The van der Waals surface area contributed by atoms with Crippen molar-refractivity contribution in [3.8, 4) is 34.1 Å². The third-order valence-corrected chi connectivity index (χ3v) is 9.45. The maximum atomic E-state index is 13.5. The summed E-state index contributed by atoms with van der Waals surface area (Å²) in [6, 6.07) is 42.4. The van der Waals surface area contributed by atoms with Crippen molar-refractivity contribution in [2.24, 2.45) is 0 Å². The van der Waals surface area contributed by atoms with E-state index in [4.69, 9.17) is 25.8 Å². The van der Waals surface area contributed by atoms with Gasteiger partial charge in [0, 0.05) is 11.1 Å². The van der Waals surface area contributed by atoms with E-state index in [1.165, 1.54) is 23.1 Å². The van der Waals surface area contributed by atoms with Crippen molar-refractivity contribution in [1.82, 2.24) is 0 Å². The summed E-state index contributed by atoms with van der Waals surface area (Å²) in [5.41, 5.74) is 4.09. The molecule has 7 rings (SSSR count). The predicted octanol–water partition coefficient (Wildman–Crippen LogP) is 11.5. The quantitative estimate of drug-likeness (QED) is 0.0704. The third-order valence-electron chi connectivity index (χ3n) is 9.21. The molecule has 2 unspecified atom stereocenters. The number of hydrogen-bond donors (Lipinski definition) is 1. The highest BCUT2D eigenvalue weighted by Gasteiger charge is 2.42. The molecule has 0 fully saturated rings. The van der Waals surface area contributed by atoms with E-state index >= 15 is 0 Å². The van der Waals surface area contributed by atoms with Gasteiger partial charge < -0.3 is 29.0 Å². The normalized spacial score (nSPS) is 13.9. The monoisotopic (exact) mass is 869 g/mol. The summed E-state index contributed by atoms with van der Waals surface area (Å²) in [5.74, 6) is 0.777. The summed E-state index contributed by atoms with van der Waals surface area (Å²) in [7, 11) is 0. The maximum Gasteiger partial charge on any atom is 0.573 e. The van der Waals surface area contributed by atoms with Crippen LogP contribution in [0, 0.1) is 0 Å². The number of aliphatic hydroxyl groups is 1. The third kappa shape index (κ3) is 12.9. The molecule has 1 aliphatic heterocycles. The fraction of sp³-hybridized carbons (Fsp3) is 0.196. The van der Waals surface area contributed by atoms with Crippen molar-refractivity contribution in [1.29, 1.82) is 0 Å². The van der Waals surface area contributed by atoms with Gasteiger partial charge in [-0.2, -0.15) is 13.2 Å². The summed E-state index contributed by atoms with van der Waals surface area (Å²) in [4.78, 5) is 12.8. The van der Waals surface area contributed by atoms with Crippen molar-refractivity contribution in [2.75, 3.05) is 23.9 Å². The number of fused-ring (bicyclic) bond motifs is 1. The zero-order valence-corrected chi connectivity index (χ0v) is 32.9. The molecule has 0 aliphatic carbocycles. The van der Waals surface area contributed by atoms with E-state index in [2.05, 4.69) is 4.74 Å². The molecular weight excluding hydrogens is 831 g/mol. The van der Waals surface area contributed by atoms with Gasteiger partial charge >= 0.3 is 12.5 Å². The smallest absolute Gasteiger partial charge is 0.489 e. The van der Waals surface area contributed by atoms with E-state index in [0.717, 1.165) is 17.2 Å². The minimum Gasteiger partial charge on any atom is -0.489 e. The van der Waals surface area contributed by atoms with Crippen LogP contribution in [-0.2, 0) is 13.2 Å². The molecule has 0 aromatic heterocycles. The Labute approximate surface area is 352 Å². The molecular formula is C46H39ClF7NO6. The van der Waals surface area contributed by atoms with Gasteiger partial charge in [0.05, 0.1) is 24.2 Å². The number of anilines is 1. The number of carbonyl (C=O) groups is 1. The Balaban J connectivity index is 0.000000310. The number of para-hydroxylation sites is 1. The molecule has 1 N–H and O–H groups in total. The van der Waals surface area contributed by atoms with Crippen molar-refractivity contribution in [2.45, 2.75) is 37.9 Å². The number of ether oxygens (including phenoxy) is 4. The van der Waals surface area contributed by atoms with Gasteiger partial charge in [0.2, 0.25) is 0 Å². The molecule has 7 nitrogen and oxygen atoms in total. The summed E-state index contributed by atoms with van der Waals surface area (Å²) < 4.78 is 101. The topological polar surface area (TPSA) is 77.5 Å². The molecule has 0 spiro atoms. The summed E-state index contributed by atoms with van der Waals surface area (Å²) in [5, 5.41) is 10.1. The number of halogens is 8. The van der Waals surface area contributed by atoms with Crippen LogP contribution in [-0.4, -0.2) is 48.6 Å². The Hall–Kier alpha value is -6.25. The Morgan fingerprint density at radius 2 is 1.30 bits per heavy atom. The molecule has 0 bridgehead atoms. The molecule has 0 saturated heterocycles. The highest BCUT2D eigenvalue weighted by Crippen LogP contribution is 2.46. The Morgan fingerprint density at radius 1 is 0.721 bits per heavy atom. The molecule has 1 aliphatic rings. The van der Waals surface area contributed by atoms with Crippen molar-refractivity contribution in [3.63, 3.8) is 0 Å². The molecule has 1 heterocycles. The molecule has 0 saturated carbocycles. The summed E-state index contributed by atoms with van der Waals surface area (Å²) >= 11 is 5.52. The lowest BCUT2D eigenvalue weighted by atomic mass is 9.98. The molecule has 320 valence electrons. The van der Waals surface area contributed by atoms with E-state index in [9.17, 15) is 36.2 Å². The van der Waals surface area contributed by atoms with Gasteiger partial charge in [-0.05, 0) is 64.7 Å². The zero-order chi connectivity index (χ0) is 42.7. The first-order valence-corrected chi connectivity index (χ1v) is 19.1.